The number of anilines is 2. The van der Waals surface area contributed by atoms with Crippen LogP contribution >= 0.6 is 11.3 Å². The Morgan fingerprint density at radius 1 is 1.37 bits per heavy atom. The third-order valence-electron chi connectivity index (χ3n) is 5.03. The van der Waals surface area contributed by atoms with Crippen LogP contribution in [0.1, 0.15) is 18.4 Å². The number of rotatable bonds is 3. The van der Waals surface area contributed by atoms with Crippen LogP contribution in [0.15, 0.2) is 24.3 Å². The monoisotopic (exact) mass is 427 g/mol. The van der Waals surface area contributed by atoms with Crippen LogP contribution in [0.2, 0.25) is 0 Å². The molecule has 1 aliphatic heterocycles. The molecule has 1 fully saturated rings. The normalized spacial score (nSPS) is 14.6. The fourth-order valence-electron chi connectivity index (χ4n) is 3.51. The van der Waals surface area contributed by atoms with Crippen molar-refractivity contribution in [2.75, 3.05) is 23.7 Å². The largest absolute Gasteiger partial charge is 0.410 e. The summed E-state index contributed by atoms with van der Waals surface area (Å²) < 4.78 is 19.3. The summed E-state index contributed by atoms with van der Waals surface area (Å²) in [6.07, 6.45) is -0.110. The number of pyridine rings is 1. The van der Waals surface area contributed by atoms with E-state index in [0.29, 0.717) is 53.1 Å². The van der Waals surface area contributed by atoms with Crippen molar-refractivity contribution in [3.63, 3.8) is 0 Å². The number of hydrogen-bond acceptors (Lipinski definition) is 8. The molecular formula is C20H18FN5O3S. The molecule has 0 bridgehead atoms. The quantitative estimate of drug-likeness (QED) is 0.584. The molecule has 0 saturated carbocycles. The molecule has 3 aromatic rings. The fraction of sp³-hybridized carbons (Fsp3) is 0.250. The molecule has 0 aliphatic carbocycles. The van der Waals surface area contributed by atoms with Crippen LogP contribution in [0.3, 0.4) is 0 Å². The number of primary amides is 1. The van der Waals surface area contributed by atoms with Gasteiger partial charge in [-0.3, -0.25) is 0 Å². The first-order valence-electron chi connectivity index (χ1n) is 9.20. The van der Waals surface area contributed by atoms with Crippen LogP contribution in [-0.2, 0) is 0 Å². The minimum absolute atomic E-state index is 0.0645. The summed E-state index contributed by atoms with van der Waals surface area (Å²) in [6.45, 7) is 1.23. The molecule has 4 rings (SSSR count). The van der Waals surface area contributed by atoms with Crippen molar-refractivity contribution in [2.45, 2.75) is 18.9 Å². The molecule has 0 unspecified atom stereocenters. The molecule has 1 saturated heterocycles. The highest BCUT2D eigenvalue weighted by molar-refractivity contribution is 7.21. The van der Waals surface area contributed by atoms with Crippen molar-refractivity contribution in [3.8, 4) is 22.3 Å². The summed E-state index contributed by atoms with van der Waals surface area (Å²) in [6, 6.07) is 7.89. The van der Waals surface area contributed by atoms with Gasteiger partial charge in [0.1, 0.15) is 22.5 Å². The van der Waals surface area contributed by atoms with Gasteiger partial charge in [0.2, 0.25) is 5.06 Å². The molecule has 30 heavy (non-hydrogen) atoms. The minimum atomic E-state index is -0.996. The van der Waals surface area contributed by atoms with Crippen molar-refractivity contribution >= 4 is 39.2 Å². The molecule has 0 spiro atoms. The van der Waals surface area contributed by atoms with Crippen LogP contribution in [0.4, 0.5) is 20.7 Å². The number of carbonyl (C=O) groups is 1. The fourth-order valence-corrected chi connectivity index (χ4v) is 4.49. The number of ether oxygens (including phenoxy) is 1. The van der Waals surface area contributed by atoms with Gasteiger partial charge in [-0.25, -0.2) is 14.2 Å². The average molecular weight is 427 g/mol. The summed E-state index contributed by atoms with van der Waals surface area (Å²) >= 11 is 1.07. The van der Waals surface area contributed by atoms with E-state index in [0.717, 1.165) is 11.3 Å². The predicted octanol–water partition coefficient (Wildman–Crippen LogP) is 2.97. The van der Waals surface area contributed by atoms with E-state index in [9.17, 15) is 14.3 Å². The predicted molar refractivity (Wildman–Crippen MR) is 112 cm³/mol. The van der Waals surface area contributed by atoms with E-state index in [1.807, 2.05) is 4.90 Å². The van der Waals surface area contributed by atoms with Gasteiger partial charge < -0.3 is 26.2 Å². The molecule has 1 amide bonds. The van der Waals surface area contributed by atoms with Crippen LogP contribution in [0, 0.1) is 17.1 Å². The molecule has 5 N–H and O–H groups in total. The van der Waals surface area contributed by atoms with Gasteiger partial charge in [0.15, 0.2) is 0 Å². The molecular weight excluding hydrogens is 409 g/mol. The summed E-state index contributed by atoms with van der Waals surface area (Å²) in [5.74, 6) is -0.00828. The number of carbonyl (C=O) groups excluding carboxylic acids is 1. The van der Waals surface area contributed by atoms with Crippen molar-refractivity contribution in [2.24, 2.45) is 5.73 Å². The number of aliphatic hydroxyl groups is 1. The number of nitriles is 1. The zero-order valence-corrected chi connectivity index (χ0v) is 16.6. The Balaban J connectivity index is 1.91. The number of benzene rings is 1. The van der Waals surface area contributed by atoms with Crippen molar-refractivity contribution < 1.29 is 19.0 Å². The van der Waals surface area contributed by atoms with E-state index >= 15 is 0 Å². The van der Waals surface area contributed by atoms with Crippen LogP contribution in [-0.4, -0.2) is 35.4 Å². The van der Waals surface area contributed by atoms with E-state index < -0.39 is 11.9 Å². The smallest absolute Gasteiger partial charge is 0.397 e. The number of amides is 1. The van der Waals surface area contributed by atoms with E-state index in [1.54, 1.807) is 18.2 Å². The maximum atomic E-state index is 14.3. The highest BCUT2D eigenvalue weighted by Gasteiger charge is 2.23. The number of nitrogens with zero attached hydrogens (tertiary/aromatic N) is 3. The number of aromatic nitrogens is 1. The van der Waals surface area contributed by atoms with Gasteiger partial charge in [0, 0.05) is 18.5 Å². The highest BCUT2D eigenvalue weighted by Crippen LogP contribution is 2.45. The van der Waals surface area contributed by atoms with Gasteiger partial charge in [-0.05, 0) is 42.2 Å². The second kappa shape index (κ2) is 7.78. The number of piperidine rings is 1. The summed E-state index contributed by atoms with van der Waals surface area (Å²) in [5, 5.41) is 19.4. The van der Waals surface area contributed by atoms with Crippen molar-refractivity contribution in [1.29, 1.82) is 5.26 Å². The third kappa shape index (κ3) is 3.60. The first-order valence-corrected chi connectivity index (χ1v) is 10.0. The zero-order valence-electron chi connectivity index (χ0n) is 15.8. The van der Waals surface area contributed by atoms with Gasteiger partial charge in [-0.1, -0.05) is 17.4 Å². The molecule has 1 aromatic carbocycles. The summed E-state index contributed by atoms with van der Waals surface area (Å²) in [5.41, 5.74) is 12.6. The number of halogens is 1. The van der Waals surface area contributed by atoms with E-state index in [4.69, 9.17) is 21.5 Å². The summed E-state index contributed by atoms with van der Waals surface area (Å²) in [4.78, 5) is 18.4. The number of aliphatic hydroxyl groups excluding tert-OH is 1. The Hall–Kier alpha value is -3.42. The molecule has 154 valence electrons. The molecule has 3 heterocycles. The first kappa shape index (κ1) is 19.9. The standard InChI is InChI=1S/C20H18FN5O3S/c21-14-7-10(1-2-11(14)9-22)13-8-15(26-5-3-12(27)4-6-26)25-18-16(13)17(23)19(30-18)29-20(24)28/h1-2,7-8,12,27H,3-6,23H2,(H2,24,28). The maximum Gasteiger partial charge on any atom is 0.410 e. The van der Waals surface area contributed by atoms with Crippen molar-refractivity contribution in [3.05, 3.63) is 35.6 Å². The second-order valence-corrected chi connectivity index (χ2v) is 7.92. The molecule has 10 heteroatoms. The molecule has 8 nitrogen and oxygen atoms in total. The van der Waals surface area contributed by atoms with E-state index in [-0.39, 0.29) is 22.4 Å². The number of hydrogen-bond donors (Lipinski definition) is 3. The lowest BCUT2D eigenvalue weighted by Gasteiger charge is -2.30. The topological polar surface area (TPSA) is 138 Å². The van der Waals surface area contributed by atoms with Crippen LogP contribution in [0.5, 0.6) is 5.06 Å². The Morgan fingerprint density at radius 2 is 2.10 bits per heavy atom. The minimum Gasteiger partial charge on any atom is -0.397 e. The van der Waals surface area contributed by atoms with Gasteiger partial charge in [-0.2, -0.15) is 5.26 Å². The zero-order chi connectivity index (χ0) is 21.4. The highest BCUT2D eigenvalue weighted by atomic mass is 32.1. The van der Waals surface area contributed by atoms with Crippen molar-refractivity contribution in [1.82, 2.24) is 4.98 Å². The lowest BCUT2D eigenvalue weighted by Crippen LogP contribution is -2.36. The third-order valence-corrected chi connectivity index (χ3v) is 6.01. The van der Waals surface area contributed by atoms with Gasteiger partial charge >= 0.3 is 6.09 Å². The number of nitrogens with two attached hydrogens (primary N) is 2. The van der Waals surface area contributed by atoms with Crippen LogP contribution < -0.4 is 21.1 Å². The lowest BCUT2D eigenvalue weighted by molar-refractivity contribution is 0.145. The Bertz CT molecular complexity index is 1180. The lowest BCUT2D eigenvalue weighted by atomic mass is 10.0. The number of nitrogen functional groups attached to an aromatic ring is 1. The second-order valence-electron chi connectivity index (χ2n) is 6.96. The Labute approximate surface area is 175 Å². The molecule has 2 aromatic heterocycles. The number of fused-ring (bicyclic) bond motifs is 1. The summed E-state index contributed by atoms with van der Waals surface area (Å²) in [7, 11) is 0. The van der Waals surface area contributed by atoms with Crippen LogP contribution in [0.25, 0.3) is 21.3 Å². The van der Waals surface area contributed by atoms with Gasteiger partial charge in [-0.15, -0.1) is 0 Å². The maximum absolute atomic E-state index is 14.3. The Morgan fingerprint density at radius 3 is 2.73 bits per heavy atom. The molecule has 0 atom stereocenters. The van der Waals surface area contributed by atoms with E-state index in [1.165, 1.54) is 12.1 Å². The van der Waals surface area contributed by atoms with Gasteiger partial charge in [0.05, 0.1) is 17.4 Å². The van der Waals surface area contributed by atoms with E-state index in [2.05, 4.69) is 4.98 Å². The first-order chi connectivity index (χ1) is 14.4. The average Bonchev–Trinajstić information content (AvgIpc) is 3.02. The Kier molecular flexibility index (Phi) is 5.15. The molecule has 0 radical (unpaired) electrons. The molecule has 1 aliphatic rings. The van der Waals surface area contributed by atoms with Gasteiger partial charge in [0.25, 0.3) is 0 Å². The SMILES string of the molecule is N#Cc1ccc(-c2cc(N3CCC(O)CC3)nc3sc(OC(N)=O)c(N)c23)cc1F. The number of thiophene rings is 1.